The molecule has 64 heavy (non-hydrogen) atoms. The van der Waals surface area contributed by atoms with Crippen LogP contribution in [0.4, 0.5) is 4.79 Å². The van der Waals surface area contributed by atoms with E-state index in [0.717, 1.165) is 25.7 Å². The Bertz CT molecular complexity index is 1630. The van der Waals surface area contributed by atoms with Gasteiger partial charge >= 0.3 is 168 Å². The Kier molecular flexibility index (Phi) is 24.0. The van der Waals surface area contributed by atoms with E-state index in [4.69, 9.17) is 14.2 Å². The van der Waals surface area contributed by atoms with E-state index in [9.17, 15) is 29.1 Å². The minimum absolute atomic E-state index is 0.0167. The summed E-state index contributed by atoms with van der Waals surface area (Å²) in [4.78, 5) is 75.1. The number of methoxy groups -OCH3 is 2. The van der Waals surface area contributed by atoms with Crippen molar-refractivity contribution in [2.45, 2.75) is 167 Å². The molecule has 1 aromatic carbocycles. The molecular formula is C47H79IN5O9S2-. The number of hydrogen-bond donors (Lipinski definition) is 3. The third-order valence-electron chi connectivity index (χ3n) is 13.0. The number of nitrogens with one attached hydrogen (secondary N) is 2. The van der Waals surface area contributed by atoms with Crippen LogP contribution in [0.3, 0.4) is 0 Å². The summed E-state index contributed by atoms with van der Waals surface area (Å²) in [7, 11) is 10.1. The second-order valence-corrected chi connectivity index (χ2v) is 26.9. The molecule has 1 heterocycles. The molecule has 0 spiro atoms. The van der Waals surface area contributed by atoms with Gasteiger partial charge in [-0.1, -0.05) is 71.4 Å². The normalized spacial score (nSPS) is 21.9. The number of halogens is 1. The summed E-state index contributed by atoms with van der Waals surface area (Å²) in [6, 6.07) is 5.90. The molecule has 12 atom stereocenters. The van der Waals surface area contributed by atoms with E-state index in [1.807, 2.05) is 90.6 Å². The van der Waals surface area contributed by atoms with Crippen molar-refractivity contribution in [3.05, 3.63) is 35.9 Å². The van der Waals surface area contributed by atoms with E-state index in [0.29, 0.717) is 24.9 Å². The van der Waals surface area contributed by atoms with Gasteiger partial charge in [-0.15, -0.1) is 0 Å². The van der Waals surface area contributed by atoms with Crippen molar-refractivity contribution in [1.82, 2.24) is 25.3 Å². The molecule has 1 saturated heterocycles. The van der Waals surface area contributed by atoms with E-state index in [1.165, 1.54) is 9.33 Å². The number of likely N-dealkylation sites (N-methyl/N-ethyl adjacent to an activating group) is 2. The number of aliphatic hydroxyl groups excluding tert-OH is 1. The van der Waals surface area contributed by atoms with Gasteiger partial charge in [-0.2, -0.15) is 0 Å². The van der Waals surface area contributed by atoms with Crippen LogP contribution >= 0.6 is 18.8 Å². The van der Waals surface area contributed by atoms with E-state index in [-0.39, 0.29) is 79.1 Å². The number of carbonyl (C=O) groups is 5. The molecule has 0 bridgehead atoms. The van der Waals surface area contributed by atoms with Crippen LogP contribution in [-0.2, 0) is 33.4 Å². The van der Waals surface area contributed by atoms with Gasteiger partial charge in [0, 0.05) is 27.8 Å². The molecule has 1 saturated carbocycles. The number of nitrogens with zero attached hydrogens (tertiary/aromatic N) is 3. The molecule has 0 aromatic heterocycles. The SMILES string of the molecule is CC[I-]SS[C@@H]1CCC[C@H]1OC(=O)N(C)[C@H](C(=O)N[C@H](C(=O)N(C)[C@@H]([C@@H](C)CC)[C@@H](CC(=O)N1CCC[C@H]1[C@H](OC)[C@@H](C)C(=O)N[C@H](C)[C@@H](O)c1ccccc1)OC)C(C)C)C(C)C. The second kappa shape index (κ2) is 27.5. The van der Waals surface area contributed by atoms with Crippen LogP contribution < -0.4 is 30.5 Å². The van der Waals surface area contributed by atoms with Gasteiger partial charge in [0.05, 0.1) is 48.8 Å². The second-order valence-electron chi connectivity index (χ2n) is 18.2. The van der Waals surface area contributed by atoms with Crippen LogP contribution in [0.15, 0.2) is 30.3 Å². The van der Waals surface area contributed by atoms with E-state index in [1.54, 1.807) is 52.0 Å². The molecule has 1 aliphatic carbocycles. The maximum atomic E-state index is 14.6. The van der Waals surface area contributed by atoms with Crippen molar-refractivity contribution >= 4 is 48.5 Å². The number of hydrogen-bond acceptors (Lipinski definition) is 11. The van der Waals surface area contributed by atoms with Crippen molar-refractivity contribution in [3.8, 4) is 0 Å². The number of benzene rings is 1. The van der Waals surface area contributed by atoms with Gasteiger partial charge in [0.1, 0.15) is 0 Å². The van der Waals surface area contributed by atoms with Crippen LogP contribution in [0, 0.1) is 23.7 Å². The van der Waals surface area contributed by atoms with Gasteiger partial charge in [-0.25, -0.2) is 0 Å². The molecule has 0 radical (unpaired) electrons. The van der Waals surface area contributed by atoms with Crippen LogP contribution in [0.5, 0.6) is 0 Å². The van der Waals surface area contributed by atoms with E-state index >= 15 is 0 Å². The number of aliphatic hydroxyl groups is 1. The number of alkyl halides is 1. The van der Waals surface area contributed by atoms with Crippen molar-refractivity contribution in [1.29, 1.82) is 0 Å². The summed E-state index contributed by atoms with van der Waals surface area (Å²) in [6.45, 7) is 17.8. The van der Waals surface area contributed by atoms with E-state index < -0.39 is 60.4 Å². The summed E-state index contributed by atoms with van der Waals surface area (Å²) in [5.74, 6) is -2.50. The van der Waals surface area contributed by atoms with Gasteiger partial charge in [-0.3, -0.25) is 14.4 Å². The zero-order valence-corrected chi connectivity index (χ0v) is 44.4. The average molecular weight is 1050 g/mol. The number of rotatable bonds is 25. The van der Waals surface area contributed by atoms with Crippen molar-refractivity contribution in [2.24, 2.45) is 23.7 Å². The number of likely N-dealkylation sites (tertiary alicyclic amines) is 1. The first-order valence-electron chi connectivity index (χ1n) is 23.1. The van der Waals surface area contributed by atoms with Crippen molar-refractivity contribution < 1.29 is 63.1 Å². The van der Waals surface area contributed by atoms with Gasteiger partial charge in [0.15, 0.2) is 0 Å². The fourth-order valence-electron chi connectivity index (χ4n) is 9.16. The van der Waals surface area contributed by atoms with Crippen LogP contribution in [0.2, 0.25) is 0 Å². The summed E-state index contributed by atoms with van der Waals surface area (Å²) in [5, 5.41) is 17.1. The topological polar surface area (TPSA) is 167 Å². The summed E-state index contributed by atoms with van der Waals surface area (Å²) < 4.78 is 19.2. The van der Waals surface area contributed by atoms with Crippen molar-refractivity contribution in [2.75, 3.05) is 39.3 Å². The predicted molar refractivity (Wildman–Crippen MR) is 252 cm³/mol. The Morgan fingerprint density at radius 3 is 2.12 bits per heavy atom. The molecule has 5 amide bonds. The molecule has 0 unspecified atom stereocenters. The Morgan fingerprint density at radius 1 is 0.875 bits per heavy atom. The molecule has 2 aliphatic rings. The van der Waals surface area contributed by atoms with Gasteiger partial charge in [0.2, 0.25) is 11.8 Å². The first-order valence-corrected chi connectivity index (χ1v) is 29.4. The van der Waals surface area contributed by atoms with Crippen molar-refractivity contribution in [3.63, 3.8) is 0 Å². The first-order chi connectivity index (χ1) is 30.3. The fraction of sp³-hybridized carbons (Fsp3) is 0.766. The molecule has 1 aliphatic heterocycles. The molecule has 3 rings (SSSR count). The summed E-state index contributed by atoms with van der Waals surface area (Å²) in [6.07, 6.45) is 1.91. The Labute approximate surface area is 400 Å². The fourth-order valence-corrected chi connectivity index (χ4v) is 17.3. The van der Waals surface area contributed by atoms with Gasteiger partial charge in [0.25, 0.3) is 0 Å². The molecule has 1 aromatic rings. The third-order valence-corrected chi connectivity index (χ3v) is 21.5. The molecule has 17 heteroatoms. The monoisotopic (exact) mass is 1050 g/mol. The molecular weight excluding hydrogens is 970 g/mol. The number of ether oxygens (including phenoxy) is 3. The Hall–Kier alpha value is -2.32. The van der Waals surface area contributed by atoms with Crippen LogP contribution in [-0.4, -0.2) is 143 Å². The Morgan fingerprint density at radius 2 is 1.55 bits per heavy atom. The number of carbonyl (C=O) groups excluding carboxylic acids is 5. The summed E-state index contributed by atoms with van der Waals surface area (Å²) in [5.41, 5.74) is 0.699. The quantitative estimate of drug-likeness (QED) is 0.0566. The zero-order chi connectivity index (χ0) is 47.8. The Balaban J connectivity index is 1.75. The predicted octanol–water partition coefficient (Wildman–Crippen LogP) is 3.71. The van der Waals surface area contributed by atoms with Gasteiger partial charge in [-0.05, 0) is 31.2 Å². The van der Waals surface area contributed by atoms with Gasteiger partial charge < -0.3 is 29.7 Å². The minimum atomic E-state index is -0.924. The third kappa shape index (κ3) is 15.1. The summed E-state index contributed by atoms with van der Waals surface area (Å²) >= 11 is 0.0644. The molecule has 3 N–H and O–H groups in total. The van der Waals surface area contributed by atoms with Crippen LogP contribution in [0.25, 0.3) is 0 Å². The van der Waals surface area contributed by atoms with E-state index in [2.05, 4.69) is 17.6 Å². The van der Waals surface area contributed by atoms with Crippen LogP contribution in [0.1, 0.15) is 119 Å². The molecule has 366 valence electrons. The number of amides is 5. The standard InChI is InChI=1S/C47H79IN5O9S2/c1-14-30(7)41(36(60-12)27-38(54)53-26-20-23-34(53)43(61-13)31(8)44(56)49-32(9)42(55)33-21-17-16-18-22-33)51(10)46(58)39(28(3)4)50-45(57)40(29(5)6)52(11)47(59)62-35-24-19-25-37(35)63-64-48-15-2/h16-18,21-22,28-32,34-37,39-43,55H,14-15,19-20,23-27H2,1-13H3,(H,49,56)(H,50,57)/q-1/t30-,31+,32+,34-,35+,36+,37+,39-,40-,41-,42+,43+/m0/s1. The zero-order valence-electron chi connectivity index (χ0n) is 40.6. The maximum absolute atomic E-state index is 14.6. The average Bonchev–Trinajstić information content (AvgIpc) is 3.94. The molecule has 14 nitrogen and oxygen atoms in total. The molecule has 2 fully saturated rings. The first kappa shape index (κ1) is 56.0.